The van der Waals surface area contributed by atoms with Gasteiger partial charge in [-0.15, -0.1) is 0 Å². The first kappa shape index (κ1) is 17.8. The molecule has 25 heavy (non-hydrogen) atoms. The number of aromatic nitrogens is 1. The Morgan fingerprint density at radius 2 is 2.32 bits per heavy atom. The van der Waals surface area contributed by atoms with Crippen LogP contribution in [0.1, 0.15) is 25.3 Å². The van der Waals surface area contributed by atoms with Crippen molar-refractivity contribution in [2.75, 3.05) is 20.2 Å². The second kappa shape index (κ2) is 8.41. The van der Waals surface area contributed by atoms with E-state index in [4.69, 9.17) is 4.74 Å². The predicted octanol–water partition coefficient (Wildman–Crippen LogP) is 2.30. The van der Waals surface area contributed by atoms with Gasteiger partial charge in [-0.2, -0.15) is 0 Å². The van der Waals surface area contributed by atoms with Gasteiger partial charge in [0.25, 0.3) is 0 Å². The fourth-order valence-electron chi connectivity index (χ4n) is 3.63. The molecule has 5 nitrogen and oxygen atoms in total. The van der Waals surface area contributed by atoms with Crippen LogP contribution in [0.3, 0.4) is 0 Å². The van der Waals surface area contributed by atoms with E-state index in [1.54, 1.807) is 13.3 Å². The molecule has 2 N–H and O–H groups in total. The zero-order valence-electron chi connectivity index (χ0n) is 15.0. The first-order valence-corrected chi connectivity index (χ1v) is 9.06. The third-order valence-corrected chi connectivity index (χ3v) is 5.05. The van der Waals surface area contributed by atoms with Crippen LogP contribution in [0.15, 0.2) is 36.5 Å². The fourth-order valence-corrected chi connectivity index (χ4v) is 3.63. The number of hydrogen-bond acceptors (Lipinski definition) is 4. The molecule has 1 saturated heterocycles. The second-order valence-electron chi connectivity index (χ2n) is 6.76. The number of methoxy groups -OCH3 is 1. The smallest absolute Gasteiger partial charge is 0.225 e. The highest BCUT2D eigenvalue weighted by Gasteiger charge is 2.32. The largest absolute Gasteiger partial charge is 0.379 e. The summed E-state index contributed by atoms with van der Waals surface area (Å²) in [4.78, 5) is 16.8. The Bertz CT molecular complexity index is 713. The van der Waals surface area contributed by atoms with Gasteiger partial charge in [-0.1, -0.05) is 19.1 Å². The number of amides is 1. The highest BCUT2D eigenvalue weighted by molar-refractivity contribution is 5.80. The average Bonchev–Trinajstić information content (AvgIpc) is 3.16. The van der Waals surface area contributed by atoms with Crippen LogP contribution < -0.4 is 10.6 Å². The van der Waals surface area contributed by atoms with Crippen molar-refractivity contribution in [1.29, 1.82) is 0 Å². The first-order chi connectivity index (χ1) is 12.2. The summed E-state index contributed by atoms with van der Waals surface area (Å²) in [6.45, 7) is 3.59. The third-order valence-electron chi connectivity index (χ3n) is 5.05. The molecule has 2 aromatic rings. The Morgan fingerprint density at radius 1 is 1.44 bits per heavy atom. The van der Waals surface area contributed by atoms with E-state index in [-0.39, 0.29) is 24.0 Å². The molecule has 0 aliphatic carbocycles. The quantitative estimate of drug-likeness (QED) is 0.811. The first-order valence-electron chi connectivity index (χ1n) is 9.06. The Labute approximate surface area is 149 Å². The van der Waals surface area contributed by atoms with Crippen molar-refractivity contribution in [2.45, 2.75) is 38.3 Å². The summed E-state index contributed by atoms with van der Waals surface area (Å²) in [5.41, 5.74) is 2.20. The van der Waals surface area contributed by atoms with Gasteiger partial charge in [0.1, 0.15) is 0 Å². The molecular weight excluding hydrogens is 314 g/mol. The lowest BCUT2D eigenvalue weighted by molar-refractivity contribution is -0.129. The zero-order valence-corrected chi connectivity index (χ0v) is 15.0. The molecular formula is C20H27N3O2. The Morgan fingerprint density at radius 3 is 3.08 bits per heavy atom. The maximum absolute atomic E-state index is 12.5. The van der Waals surface area contributed by atoms with Gasteiger partial charge in [-0.25, -0.2) is 0 Å². The number of benzene rings is 1. The van der Waals surface area contributed by atoms with Crippen LogP contribution in [0.5, 0.6) is 0 Å². The summed E-state index contributed by atoms with van der Waals surface area (Å²) in [5.74, 6) is -0.107. The zero-order chi connectivity index (χ0) is 17.6. The van der Waals surface area contributed by atoms with E-state index in [0.717, 1.165) is 36.7 Å². The lowest BCUT2D eigenvalue weighted by atomic mass is 9.95. The molecule has 0 unspecified atom stereocenters. The Hall–Kier alpha value is -1.98. The highest BCUT2D eigenvalue weighted by atomic mass is 16.5. The van der Waals surface area contributed by atoms with Gasteiger partial charge in [0, 0.05) is 31.3 Å². The van der Waals surface area contributed by atoms with E-state index in [2.05, 4.69) is 33.8 Å². The van der Waals surface area contributed by atoms with Crippen molar-refractivity contribution >= 4 is 16.8 Å². The molecule has 0 bridgehead atoms. The molecule has 2 heterocycles. The highest BCUT2D eigenvalue weighted by Crippen LogP contribution is 2.19. The van der Waals surface area contributed by atoms with E-state index in [1.807, 2.05) is 19.1 Å². The van der Waals surface area contributed by atoms with Gasteiger partial charge >= 0.3 is 0 Å². The normalized spacial score (nSPS) is 19.7. The van der Waals surface area contributed by atoms with Gasteiger partial charge in [-0.3, -0.25) is 9.78 Å². The topological polar surface area (TPSA) is 63.2 Å². The van der Waals surface area contributed by atoms with Crippen molar-refractivity contribution < 1.29 is 9.53 Å². The molecule has 0 spiro atoms. The lowest BCUT2D eigenvalue weighted by Gasteiger charge is -2.27. The number of nitrogens with one attached hydrogen (secondary N) is 2. The number of fused-ring (bicyclic) bond motifs is 1. The van der Waals surface area contributed by atoms with Crippen molar-refractivity contribution in [3.63, 3.8) is 0 Å². The number of carbonyl (C=O) groups is 1. The van der Waals surface area contributed by atoms with E-state index in [9.17, 15) is 4.79 Å². The summed E-state index contributed by atoms with van der Waals surface area (Å²) >= 11 is 0. The van der Waals surface area contributed by atoms with E-state index < -0.39 is 0 Å². The van der Waals surface area contributed by atoms with Gasteiger partial charge in [-0.05, 0) is 49.6 Å². The van der Waals surface area contributed by atoms with Crippen LogP contribution in [0, 0.1) is 5.92 Å². The molecule has 1 aliphatic rings. The Balaban J connectivity index is 1.52. The van der Waals surface area contributed by atoms with Crippen molar-refractivity contribution in [3.8, 4) is 0 Å². The minimum atomic E-state index is -0.165. The molecule has 134 valence electrons. The van der Waals surface area contributed by atoms with Crippen LogP contribution in [-0.2, 0) is 16.0 Å². The maximum atomic E-state index is 12.5. The van der Waals surface area contributed by atoms with Gasteiger partial charge in [0.15, 0.2) is 0 Å². The molecule has 1 aromatic carbocycles. The van der Waals surface area contributed by atoms with Gasteiger partial charge in [0.05, 0.1) is 17.5 Å². The number of rotatable bonds is 7. The lowest BCUT2D eigenvalue weighted by Crippen LogP contribution is -2.46. The summed E-state index contributed by atoms with van der Waals surface area (Å²) in [7, 11) is 1.69. The summed E-state index contributed by atoms with van der Waals surface area (Å²) in [6.07, 6.45) is 4.75. The minimum absolute atomic E-state index is 0.0583. The summed E-state index contributed by atoms with van der Waals surface area (Å²) in [6, 6.07) is 10.5. The van der Waals surface area contributed by atoms with E-state index >= 15 is 0 Å². The van der Waals surface area contributed by atoms with Gasteiger partial charge < -0.3 is 15.4 Å². The SMILES string of the molecule is CO[C@@H]([C@@H]1CCCN1)[C@@H](C)C(=O)NCCc1ccc2ncccc2c1. The van der Waals surface area contributed by atoms with Crippen LogP contribution in [-0.4, -0.2) is 43.2 Å². The fraction of sp³-hybridized carbons (Fsp3) is 0.500. The van der Waals surface area contributed by atoms with Crippen LogP contribution >= 0.6 is 0 Å². The number of hydrogen-bond donors (Lipinski definition) is 2. The van der Waals surface area contributed by atoms with Crippen molar-refractivity contribution in [2.24, 2.45) is 5.92 Å². The number of ether oxygens (including phenoxy) is 1. The van der Waals surface area contributed by atoms with Crippen LogP contribution in [0.2, 0.25) is 0 Å². The minimum Gasteiger partial charge on any atom is -0.379 e. The standard InChI is InChI=1S/C20H27N3O2/c1-14(19(25-2)18-6-4-11-22-18)20(24)23-12-9-15-7-8-17-16(13-15)5-3-10-21-17/h3,5,7-8,10,13-14,18-19,22H,4,6,9,11-12H2,1-2H3,(H,23,24)/t14-,18+,19-/m1/s1. The van der Waals surface area contributed by atoms with Crippen molar-refractivity contribution in [1.82, 2.24) is 15.6 Å². The summed E-state index contributed by atoms with van der Waals surface area (Å²) in [5, 5.41) is 7.62. The average molecular weight is 341 g/mol. The third kappa shape index (κ3) is 4.35. The van der Waals surface area contributed by atoms with Crippen LogP contribution in [0.4, 0.5) is 0 Å². The number of pyridine rings is 1. The van der Waals surface area contributed by atoms with Crippen molar-refractivity contribution in [3.05, 3.63) is 42.1 Å². The molecule has 1 amide bonds. The molecule has 0 saturated carbocycles. The molecule has 0 radical (unpaired) electrons. The molecule has 3 atom stereocenters. The molecule has 1 aromatic heterocycles. The molecule has 5 heteroatoms. The molecule has 1 fully saturated rings. The number of carbonyl (C=O) groups excluding carboxylic acids is 1. The van der Waals surface area contributed by atoms with E-state index in [1.165, 1.54) is 5.56 Å². The summed E-state index contributed by atoms with van der Waals surface area (Å²) < 4.78 is 5.60. The number of nitrogens with zero attached hydrogens (tertiary/aromatic N) is 1. The molecule has 3 rings (SSSR count). The van der Waals surface area contributed by atoms with Crippen LogP contribution in [0.25, 0.3) is 10.9 Å². The van der Waals surface area contributed by atoms with Gasteiger partial charge in [0.2, 0.25) is 5.91 Å². The monoisotopic (exact) mass is 341 g/mol. The second-order valence-corrected chi connectivity index (χ2v) is 6.76. The molecule has 1 aliphatic heterocycles. The predicted molar refractivity (Wildman–Crippen MR) is 99.4 cm³/mol. The van der Waals surface area contributed by atoms with E-state index in [0.29, 0.717) is 6.54 Å². The maximum Gasteiger partial charge on any atom is 0.225 e. The Kier molecular flexibility index (Phi) is 6.00.